The predicted octanol–water partition coefficient (Wildman–Crippen LogP) is 1.96. The summed E-state index contributed by atoms with van der Waals surface area (Å²) in [6.07, 6.45) is 5.63. The lowest BCUT2D eigenvalue weighted by Crippen LogP contribution is -2.50. The molecule has 0 bridgehead atoms. The van der Waals surface area contributed by atoms with Gasteiger partial charge in [0.05, 0.1) is 5.01 Å². The summed E-state index contributed by atoms with van der Waals surface area (Å²) in [5.41, 5.74) is 5.32. The third-order valence-corrected chi connectivity index (χ3v) is 5.24. The first-order valence-corrected chi connectivity index (χ1v) is 9.46. The van der Waals surface area contributed by atoms with Gasteiger partial charge in [-0.15, -0.1) is 35.3 Å². The van der Waals surface area contributed by atoms with E-state index in [0.29, 0.717) is 25.7 Å². The Balaban J connectivity index is 0.00000312. The normalized spacial score (nSPS) is 15.6. The first-order valence-electron chi connectivity index (χ1n) is 8.65. The topological polar surface area (TPSA) is 95.6 Å². The monoisotopic (exact) mass is 480 g/mol. The Bertz CT molecular complexity index is 557. The molecule has 0 aliphatic carbocycles. The van der Waals surface area contributed by atoms with Crippen molar-refractivity contribution in [3.05, 3.63) is 16.1 Å². The van der Waals surface area contributed by atoms with E-state index in [9.17, 15) is 4.79 Å². The van der Waals surface area contributed by atoms with Crippen LogP contribution in [0.4, 0.5) is 4.79 Å². The number of nitrogens with zero attached hydrogens (tertiary/aromatic N) is 3. The van der Waals surface area contributed by atoms with E-state index in [2.05, 4.69) is 34.5 Å². The number of likely N-dealkylation sites (tertiary alicyclic amines) is 1. The fraction of sp³-hybridized carbons (Fsp3) is 0.688. The summed E-state index contributed by atoms with van der Waals surface area (Å²) in [5, 5.41) is 7.89. The number of hydrogen-bond donors (Lipinski definition) is 3. The van der Waals surface area contributed by atoms with Gasteiger partial charge in [0.25, 0.3) is 0 Å². The van der Waals surface area contributed by atoms with Gasteiger partial charge in [0.15, 0.2) is 5.96 Å². The van der Waals surface area contributed by atoms with Crippen molar-refractivity contribution < 1.29 is 4.79 Å². The molecular weight excluding hydrogens is 451 g/mol. The lowest BCUT2D eigenvalue weighted by atomic mass is 10.1. The zero-order chi connectivity index (χ0) is 17.4. The molecule has 1 aliphatic heterocycles. The van der Waals surface area contributed by atoms with Gasteiger partial charge in [-0.25, -0.2) is 9.78 Å². The zero-order valence-corrected chi connectivity index (χ0v) is 18.1. The molecule has 0 atom stereocenters. The number of carbonyl (C=O) groups excluding carboxylic acids is 1. The van der Waals surface area contributed by atoms with E-state index < -0.39 is 0 Å². The highest BCUT2D eigenvalue weighted by atomic mass is 127. The molecule has 0 radical (unpaired) electrons. The fourth-order valence-electron chi connectivity index (χ4n) is 2.65. The number of carbonyl (C=O) groups is 1. The minimum atomic E-state index is -0.330. The molecule has 2 heterocycles. The van der Waals surface area contributed by atoms with Crippen molar-refractivity contribution in [2.45, 2.75) is 45.6 Å². The van der Waals surface area contributed by atoms with Crippen LogP contribution in [0.3, 0.4) is 0 Å². The maximum atomic E-state index is 11.2. The Kier molecular flexibility index (Phi) is 10.1. The first-order chi connectivity index (χ1) is 11.6. The number of guanidine groups is 1. The van der Waals surface area contributed by atoms with Crippen LogP contribution in [0.25, 0.3) is 0 Å². The molecule has 0 spiro atoms. The van der Waals surface area contributed by atoms with Crippen LogP contribution in [-0.2, 0) is 12.8 Å². The second-order valence-electron chi connectivity index (χ2n) is 5.83. The number of aliphatic imine (C=N–C) groups is 1. The number of nitrogens with two attached hydrogens (primary N) is 1. The van der Waals surface area contributed by atoms with E-state index in [0.717, 1.165) is 43.2 Å². The third kappa shape index (κ3) is 7.35. The highest BCUT2D eigenvalue weighted by Gasteiger charge is 2.21. The Hall–Kier alpha value is -1.10. The van der Waals surface area contributed by atoms with Gasteiger partial charge in [-0.05, 0) is 26.2 Å². The number of aryl methyl sites for hydroxylation is 1. The molecule has 7 nitrogen and oxygen atoms in total. The number of aromatic nitrogens is 1. The van der Waals surface area contributed by atoms with E-state index in [1.54, 1.807) is 16.2 Å². The van der Waals surface area contributed by atoms with E-state index in [1.807, 2.05) is 6.20 Å². The molecule has 1 aromatic heterocycles. The number of amides is 2. The van der Waals surface area contributed by atoms with Crippen LogP contribution in [0.5, 0.6) is 0 Å². The SMILES string of the molecule is CCNC(=NCCc1ncc(CC)s1)NC1CCN(C(N)=O)CC1.I. The molecule has 2 rings (SSSR count). The van der Waals surface area contributed by atoms with Crippen LogP contribution in [0, 0.1) is 0 Å². The summed E-state index contributed by atoms with van der Waals surface area (Å²) in [5.74, 6) is 0.835. The molecule has 1 saturated heterocycles. The van der Waals surface area contributed by atoms with Crippen molar-refractivity contribution >= 4 is 47.3 Å². The molecule has 4 N–H and O–H groups in total. The number of thiazole rings is 1. The van der Waals surface area contributed by atoms with Gasteiger partial charge < -0.3 is 21.3 Å². The molecule has 1 aliphatic rings. The summed E-state index contributed by atoms with van der Waals surface area (Å²) >= 11 is 1.77. The molecule has 0 aromatic carbocycles. The zero-order valence-electron chi connectivity index (χ0n) is 15.0. The van der Waals surface area contributed by atoms with E-state index in [4.69, 9.17) is 5.73 Å². The quantitative estimate of drug-likeness (QED) is 0.330. The van der Waals surface area contributed by atoms with Gasteiger partial charge in [-0.1, -0.05) is 6.92 Å². The lowest BCUT2D eigenvalue weighted by Gasteiger charge is -2.32. The number of rotatable bonds is 6. The van der Waals surface area contributed by atoms with Gasteiger partial charge in [-0.3, -0.25) is 4.99 Å². The van der Waals surface area contributed by atoms with E-state index in [1.165, 1.54) is 4.88 Å². The number of hydrogen-bond acceptors (Lipinski definition) is 4. The molecule has 142 valence electrons. The van der Waals surface area contributed by atoms with E-state index >= 15 is 0 Å². The number of halogens is 1. The Morgan fingerprint density at radius 1 is 1.44 bits per heavy atom. The van der Waals surface area contributed by atoms with Gasteiger partial charge in [0.2, 0.25) is 0 Å². The molecule has 25 heavy (non-hydrogen) atoms. The number of primary amides is 1. The van der Waals surface area contributed by atoms with Gasteiger partial charge in [0.1, 0.15) is 0 Å². The summed E-state index contributed by atoms with van der Waals surface area (Å²) < 4.78 is 0. The summed E-state index contributed by atoms with van der Waals surface area (Å²) in [7, 11) is 0. The number of urea groups is 1. The van der Waals surface area contributed by atoms with Crippen molar-refractivity contribution in [1.29, 1.82) is 0 Å². The second kappa shape index (κ2) is 11.5. The molecule has 9 heteroatoms. The minimum absolute atomic E-state index is 0. The van der Waals surface area contributed by atoms with Crippen molar-refractivity contribution in [1.82, 2.24) is 20.5 Å². The highest BCUT2D eigenvalue weighted by Crippen LogP contribution is 2.14. The average Bonchev–Trinajstić information content (AvgIpc) is 3.03. The van der Waals surface area contributed by atoms with Crippen molar-refractivity contribution in [2.75, 3.05) is 26.2 Å². The largest absolute Gasteiger partial charge is 0.357 e. The van der Waals surface area contributed by atoms with Crippen LogP contribution in [0.15, 0.2) is 11.2 Å². The van der Waals surface area contributed by atoms with Gasteiger partial charge in [-0.2, -0.15) is 0 Å². The Labute approximate surface area is 170 Å². The molecule has 1 aromatic rings. The minimum Gasteiger partial charge on any atom is -0.357 e. The highest BCUT2D eigenvalue weighted by molar-refractivity contribution is 14.0. The smallest absolute Gasteiger partial charge is 0.314 e. The molecule has 0 saturated carbocycles. The van der Waals surface area contributed by atoms with Crippen LogP contribution in [-0.4, -0.2) is 54.1 Å². The standard InChI is InChI=1S/C16H28N6OS.HI/c1-3-13-11-20-14(24-13)5-8-19-16(18-4-2)21-12-6-9-22(10-7-12)15(17)23;/h11-12H,3-10H2,1-2H3,(H2,17,23)(H2,18,19,21);1H. The first kappa shape index (κ1) is 21.9. The van der Waals surface area contributed by atoms with Crippen LogP contribution < -0.4 is 16.4 Å². The molecule has 0 unspecified atom stereocenters. The maximum absolute atomic E-state index is 11.2. The summed E-state index contributed by atoms with van der Waals surface area (Å²) in [6, 6.07) is -0.00567. The van der Waals surface area contributed by atoms with Crippen molar-refractivity contribution in [2.24, 2.45) is 10.7 Å². The second-order valence-corrected chi connectivity index (χ2v) is 7.03. The Morgan fingerprint density at radius 2 is 2.16 bits per heavy atom. The number of nitrogens with one attached hydrogen (secondary N) is 2. The maximum Gasteiger partial charge on any atom is 0.314 e. The average molecular weight is 480 g/mol. The van der Waals surface area contributed by atoms with Crippen molar-refractivity contribution in [3.8, 4) is 0 Å². The molecule has 2 amide bonds. The fourth-order valence-corrected chi connectivity index (χ4v) is 3.50. The van der Waals surface area contributed by atoms with Gasteiger partial charge in [0, 0.05) is 49.7 Å². The molecule has 1 fully saturated rings. The van der Waals surface area contributed by atoms with Crippen molar-refractivity contribution in [3.63, 3.8) is 0 Å². The van der Waals surface area contributed by atoms with E-state index in [-0.39, 0.29) is 30.0 Å². The summed E-state index contributed by atoms with van der Waals surface area (Å²) in [6.45, 7) is 7.14. The number of piperidine rings is 1. The predicted molar refractivity (Wildman–Crippen MR) is 114 cm³/mol. The molecular formula is C16H29IN6OS. The van der Waals surface area contributed by atoms with Crippen LogP contribution in [0.1, 0.15) is 36.6 Å². The van der Waals surface area contributed by atoms with Crippen LogP contribution in [0.2, 0.25) is 0 Å². The van der Waals surface area contributed by atoms with Gasteiger partial charge >= 0.3 is 6.03 Å². The third-order valence-electron chi connectivity index (χ3n) is 4.04. The Morgan fingerprint density at radius 3 is 2.72 bits per heavy atom. The summed E-state index contributed by atoms with van der Waals surface area (Å²) in [4.78, 5) is 23.3. The lowest BCUT2D eigenvalue weighted by molar-refractivity contribution is 0.188. The van der Waals surface area contributed by atoms with Crippen LogP contribution >= 0.6 is 35.3 Å².